The van der Waals surface area contributed by atoms with Crippen LogP contribution in [0.4, 0.5) is 0 Å². The van der Waals surface area contributed by atoms with Crippen molar-refractivity contribution in [2.75, 3.05) is 5.70 Å². The first-order chi connectivity index (χ1) is 7.00. The minimum Gasteiger partial charge on any atom is -0.179 e. The maximum atomic E-state index is 7.31. The van der Waals surface area contributed by atoms with E-state index in [0.29, 0.717) is 0 Å². The Bertz CT molecular complexity index is 255. The quantitative estimate of drug-likeness (QED) is 0.535. The number of thiol groups is 1. The lowest BCUT2D eigenvalue weighted by Gasteiger charge is -1.85. The Labute approximate surface area is 60.8 Å². The molecule has 1 heteroatoms. The predicted octanol–water partition coefficient (Wildman–Crippen LogP) is 2.11. The van der Waals surface area contributed by atoms with Gasteiger partial charge < -0.3 is 0 Å². The van der Waals surface area contributed by atoms with Crippen LogP contribution in [0, 0.1) is 0 Å². The minimum atomic E-state index is -3.59. The zero-order valence-electron chi connectivity index (χ0n) is 13.9. The van der Waals surface area contributed by atoms with Gasteiger partial charge in [-0.05, 0) is 12.1 Å². The van der Waals surface area contributed by atoms with E-state index in [9.17, 15) is 0 Å². The molecule has 0 aliphatic carbocycles. The van der Waals surface area contributed by atoms with Crippen LogP contribution in [0.3, 0.4) is 0 Å². The summed E-state index contributed by atoms with van der Waals surface area (Å²) in [5, 5.41) is 0. The lowest BCUT2D eigenvalue weighted by molar-refractivity contribution is 0.780. The fourth-order valence-electron chi connectivity index (χ4n) is 0.0592. The van der Waals surface area contributed by atoms with E-state index in [0.717, 1.165) is 0 Å². The monoisotopic (exact) mass is 115 g/mol. The highest BCUT2D eigenvalue weighted by atomic mass is 32.1. The van der Waals surface area contributed by atoms with Crippen LogP contribution >= 0.6 is 12.6 Å². The summed E-state index contributed by atoms with van der Waals surface area (Å²) in [5.74, 6) is 0. The van der Waals surface area contributed by atoms with Gasteiger partial charge >= 0.3 is 0 Å². The van der Waals surface area contributed by atoms with Gasteiger partial charge in [-0.15, -0.1) is 0 Å². The number of rotatable bonds is 3. The Kier molecular flexibility index (Phi) is 0.606. The molecular weight excluding hydrogens is 92.1 g/mol. The van der Waals surface area contributed by atoms with Crippen LogP contribution in [0.5, 0.6) is 0 Å². The smallest absolute Gasteiger partial charge is 0.0378 e. The molecule has 0 saturated carbocycles. The predicted molar refractivity (Wildman–Crippen MR) is 33.4 cm³/mol. The molecule has 0 aliphatic rings. The highest BCUT2D eigenvalue weighted by Gasteiger charge is 1.75. The van der Waals surface area contributed by atoms with E-state index in [2.05, 4.69) is 12.6 Å². The van der Waals surface area contributed by atoms with Crippen LogP contribution < -0.4 is 0 Å². The zero-order chi connectivity index (χ0) is 14.5. The Balaban J connectivity index is 5.73. The van der Waals surface area contributed by atoms with Gasteiger partial charge in [-0.25, -0.2) is 0 Å². The molecule has 0 aromatic heterocycles. The van der Waals surface area contributed by atoms with Gasteiger partial charge in [-0.3, -0.25) is 0 Å². The first-order valence-corrected chi connectivity index (χ1v) is 1.67. The summed E-state index contributed by atoms with van der Waals surface area (Å²) in [5.41, 5.74) is -3.03. The summed E-state index contributed by atoms with van der Waals surface area (Å²) in [6.07, 6.45) is -10.6. The lowest BCUT2D eigenvalue weighted by atomic mass is 10.3. The fraction of sp³-hybridized carbons (Fsp3) is 1.00. The van der Waals surface area contributed by atoms with E-state index in [1.54, 1.807) is 0 Å². The van der Waals surface area contributed by atoms with Gasteiger partial charge in [-0.2, -0.15) is 12.6 Å². The van der Waals surface area contributed by atoms with Crippen LogP contribution in [0.25, 0.3) is 0 Å². The summed E-state index contributed by atoms with van der Waals surface area (Å²) in [6.45, 7) is -3.43. The van der Waals surface area contributed by atoms with Gasteiger partial charge in [0.05, 0.1) is 0 Å². The van der Waals surface area contributed by atoms with Crippen molar-refractivity contribution in [3.05, 3.63) is 0 Å². The molecule has 0 nitrogen and oxygen atoms in total. The third kappa shape index (κ3) is 4.35. The molecule has 0 spiro atoms. The Morgan fingerprint density at radius 1 is 1.83 bits per heavy atom. The molecule has 0 aliphatic heterocycles. The van der Waals surface area contributed by atoms with Crippen LogP contribution in [0.1, 0.15) is 41.0 Å². The molecule has 0 saturated heterocycles. The largest absolute Gasteiger partial charge is 0.179 e. The van der Waals surface area contributed by atoms with Crippen LogP contribution in [0.15, 0.2) is 0 Å². The van der Waals surface area contributed by atoms with E-state index in [1.807, 2.05) is 0 Å². The second kappa shape index (κ2) is 5.35. The Morgan fingerprint density at radius 3 is 3.17 bits per heavy atom. The molecule has 0 fully saturated rings. The maximum Gasteiger partial charge on any atom is 0.0378 e. The zero-order valence-corrected chi connectivity index (χ0v) is 3.84. The standard InChI is InChI=1S/C5H12S/c1-2-3-4-5-6/h6H,2-5H2,1H3/i1D3,2D2,3D2,4D2,5D2. The molecule has 0 aromatic rings. The summed E-state index contributed by atoms with van der Waals surface area (Å²) in [7, 11) is 0. The van der Waals surface area contributed by atoms with Gasteiger partial charge in [0, 0.05) is 15.1 Å². The van der Waals surface area contributed by atoms with Gasteiger partial charge in [-0.1, -0.05) is 19.6 Å². The van der Waals surface area contributed by atoms with Gasteiger partial charge in [0.25, 0.3) is 0 Å². The molecule has 0 atom stereocenters. The fourth-order valence-corrected chi connectivity index (χ4v) is 0.115. The second-order valence-electron chi connectivity index (χ2n) is 0.487. The summed E-state index contributed by atoms with van der Waals surface area (Å²) < 4.78 is 78.3. The van der Waals surface area contributed by atoms with Crippen molar-refractivity contribution < 1.29 is 15.1 Å². The summed E-state index contributed by atoms with van der Waals surface area (Å²) in [4.78, 5) is 0. The van der Waals surface area contributed by atoms with Gasteiger partial charge in [0.15, 0.2) is 0 Å². The van der Waals surface area contributed by atoms with Crippen molar-refractivity contribution in [2.45, 2.75) is 26.0 Å². The highest BCUT2D eigenvalue weighted by Crippen LogP contribution is 1.93. The van der Waals surface area contributed by atoms with Crippen molar-refractivity contribution in [1.82, 2.24) is 0 Å². The normalized spacial score (nSPS) is 47.8. The van der Waals surface area contributed by atoms with Gasteiger partial charge in [0.2, 0.25) is 0 Å². The average molecular weight is 115 g/mol. The molecule has 6 heavy (non-hydrogen) atoms. The van der Waals surface area contributed by atoms with E-state index >= 15 is 0 Å². The molecule has 38 valence electrons. The molecule has 0 rings (SSSR count). The number of hydrogen-bond acceptors (Lipinski definition) is 1. The van der Waals surface area contributed by atoms with E-state index < -0.39 is 31.7 Å². The highest BCUT2D eigenvalue weighted by molar-refractivity contribution is 7.80. The van der Waals surface area contributed by atoms with E-state index in [-0.39, 0.29) is 0 Å². The topological polar surface area (TPSA) is 0 Å². The van der Waals surface area contributed by atoms with Crippen molar-refractivity contribution in [3.8, 4) is 0 Å². The van der Waals surface area contributed by atoms with Crippen LogP contribution in [-0.2, 0) is 0 Å². The van der Waals surface area contributed by atoms with Crippen molar-refractivity contribution in [2.24, 2.45) is 0 Å². The molecule has 0 bridgehead atoms. The third-order valence-corrected chi connectivity index (χ3v) is 0.293. The molecule has 0 amide bonds. The van der Waals surface area contributed by atoms with Crippen molar-refractivity contribution in [1.29, 1.82) is 0 Å². The minimum absolute atomic E-state index is 3.03. The average Bonchev–Trinajstić information content (AvgIpc) is 1.98. The number of hydrogen-bond donors (Lipinski definition) is 1. The Hall–Kier alpha value is 0.350. The van der Waals surface area contributed by atoms with E-state index in [1.165, 1.54) is 0 Å². The first-order valence-electron chi connectivity index (χ1n) is 6.72. The molecule has 0 heterocycles. The Morgan fingerprint density at radius 2 is 2.67 bits per heavy atom. The first kappa shape index (κ1) is 0.680. The molecular formula is C5H12S. The lowest BCUT2D eigenvalue weighted by Crippen LogP contribution is -1.70. The molecule has 0 radical (unpaired) electrons. The second-order valence-corrected chi connectivity index (χ2v) is 0.710. The molecule has 0 N–H and O–H groups in total. The summed E-state index contributed by atoms with van der Waals surface area (Å²) >= 11 is 3.22. The van der Waals surface area contributed by atoms with Crippen LogP contribution in [0.2, 0.25) is 0 Å². The van der Waals surface area contributed by atoms with Crippen molar-refractivity contribution in [3.63, 3.8) is 0 Å². The summed E-state index contributed by atoms with van der Waals surface area (Å²) in [6, 6.07) is 0. The third-order valence-electron chi connectivity index (χ3n) is 0.181. The molecule has 0 unspecified atom stereocenters. The molecule has 0 aromatic carbocycles. The van der Waals surface area contributed by atoms with Gasteiger partial charge in [0.1, 0.15) is 0 Å². The van der Waals surface area contributed by atoms with Crippen molar-refractivity contribution >= 4 is 12.6 Å². The maximum absolute atomic E-state index is 7.31. The van der Waals surface area contributed by atoms with E-state index in [4.69, 9.17) is 15.1 Å². The van der Waals surface area contributed by atoms with Crippen LogP contribution in [-0.4, -0.2) is 5.70 Å². The SMILES string of the molecule is [2H]C([2H])([2H])C([2H])([2H])C([2H])([2H])C([2H])([2H])C([2H])([2H])S.